The van der Waals surface area contributed by atoms with Crippen LogP contribution in [0.2, 0.25) is 0 Å². The number of amides is 1. The number of hydrogen-bond acceptors (Lipinski definition) is 3. The molecule has 1 fully saturated rings. The Morgan fingerprint density at radius 1 is 1.26 bits per heavy atom. The molecule has 5 nitrogen and oxygen atoms in total. The van der Waals surface area contributed by atoms with E-state index in [0.717, 1.165) is 36.5 Å². The third-order valence-corrected chi connectivity index (χ3v) is 5.51. The van der Waals surface area contributed by atoms with Gasteiger partial charge >= 0.3 is 0 Å². The zero-order chi connectivity index (χ0) is 19.2. The Morgan fingerprint density at radius 2 is 2.04 bits per heavy atom. The lowest BCUT2D eigenvalue weighted by Gasteiger charge is -2.33. The first kappa shape index (κ1) is 19.6. The van der Waals surface area contributed by atoms with Gasteiger partial charge in [-0.15, -0.1) is 0 Å². The van der Waals surface area contributed by atoms with Crippen molar-refractivity contribution in [1.82, 2.24) is 20.0 Å². The highest BCUT2D eigenvalue weighted by Gasteiger charge is 2.17. The largest absolute Gasteiger partial charge is 0.355 e. The number of benzene rings is 1. The van der Waals surface area contributed by atoms with Gasteiger partial charge in [-0.05, 0) is 45.2 Å². The van der Waals surface area contributed by atoms with Gasteiger partial charge in [0.05, 0.1) is 5.69 Å². The molecule has 1 saturated heterocycles. The maximum atomic E-state index is 12.3. The number of aryl methyl sites for hydroxylation is 3. The van der Waals surface area contributed by atoms with E-state index in [9.17, 15) is 4.79 Å². The van der Waals surface area contributed by atoms with Crippen LogP contribution in [0.15, 0.2) is 30.5 Å². The average molecular weight is 369 g/mol. The second-order valence-electron chi connectivity index (χ2n) is 7.77. The predicted molar refractivity (Wildman–Crippen MR) is 110 cm³/mol. The molecule has 146 valence electrons. The van der Waals surface area contributed by atoms with E-state index in [2.05, 4.69) is 53.4 Å². The molecule has 5 heteroatoms. The van der Waals surface area contributed by atoms with Gasteiger partial charge in [0.2, 0.25) is 5.91 Å². The molecule has 27 heavy (non-hydrogen) atoms. The monoisotopic (exact) mass is 368 g/mol. The highest BCUT2D eigenvalue weighted by atomic mass is 16.1. The second-order valence-corrected chi connectivity index (χ2v) is 7.77. The molecule has 1 aromatic heterocycles. The first-order valence-electron chi connectivity index (χ1n) is 10.1. The van der Waals surface area contributed by atoms with E-state index >= 15 is 0 Å². The number of carbonyl (C=O) groups excluding carboxylic acids is 1. The summed E-state index contributed by atoms with van der Waals surface area (Å²) in [6.45, 7) is 7.22. The van der Waals surface area contributed by atoms with Gasteiger partial charge in [0.1, 0.15) is 0 Å². The standard InChI is InChI=1S/C22H32N4O/c1-17-7-9-19(10-8-17)22-20(16-25(3)24-22)11-12-21(27)23-13-15-26-14-5-4-6-18(26)2/h7-10,16,18H,4-6,11-15H2,1-3H3,(H,23,27)/t18-/m1/s1. The second kappa shape index (κ2) is 9.18. The molecule has 0 spiro atoms. The fourth-order valence-electron chi connectivity index (χ4n) is 3.84. The van der Waals surface area contributed by atoms with Gasteiger partial charge < -0.3 is 5.32 Å². The molecule has 0 bridgehead atoms. The number of likely N-dealkylation sites (tertiary alicyclic amines) is 1. The molecule has 0 radical (unpaired) electrons. The normalized spacial score (nSPS) is 17.8. The average Bonchev–Trinajstić information content (AvgIpc) is 3.03. The zero-order valence-electron chi connectivity index (χ0n) is 16.9. The zero-order valence-corrected chi connectivity index (χ0v) is 16.9. The van der Waals surface area contributed by atoms with Crippen LogP contribution in [0.25, 0.3) is 11.3 Å². The van der Waals surface area contributed by atoms with Crippen molar-refractivity contribution in [2.24, 2.45) is 7.05 Å². The van der Waals surface area contributed by atoms with Crippen LogP contribution in [0.3, 0.4) is 0 Å². The van der Waals surface area contributed by atoms with Gasteiger partial charge in [0, 0.05) is 44.4 Å². The number of nitrogens with one attached hydrogen (secondary N) is 1. The molecule has 0 unspecified atom stereocenters. The van der Waals surface area contributed by atoms with E-state index in [0.29, 0.717) is 18.9 Å². The minimum absolute atomic E-state index is 0.123. The Hall–Kier alpha value is -2.14. The van der Waals surface area contributed by atoms with E-state index in [4.69, 9.17) is 0 Å². The third-order valence-electron chi connectivity index (χ3n) is 5.51. The van der Waals surface area contributed by atoms with Crippen molar-refractivity contribution >= 4 is 5.91 Å². The molecular weight excluding hydrogens is 336 g/mol. The van der Waals surface area contributed by atoms with Gasteiger partial charge in [0.25, 0.3) is 0 Å². The molecule has 1 aromatic carbocycles. The van der Waals surface area contributed by atoms with Crippen molar-refractivity contribution in [1.29, 1.82) is 0 Å². The number of carbonyl (C=O) groups is 1. The topological polar surface area (TPSA) is 50.2 Å². The number of rotatable bonds is 7. The van der Waals surface area contributed by atoms with E-state index in [-0.39, 0.29) is 5.91 Å². The molecular formula is C22H32N4O. The molecule has 1 aliphatic rings. The molecule has 1 N–H and O–H groups in total. The molecule has 2 aromatic rings. The third kappa shape index (κ3) is 5.42. The quantitative estimate of drug-likeness (QED) is 0.816. The van der Waals surface area contributed by atoms with Gasteiger partial charge in [-0.2, -0.15) is 5.10 Å². The number of aromatic nitrogens is 2. The van der Waals surface area contributed by atoms with Gasteiger partial charge in [0.15, 0.2) is 0 Å². The minimum atomic E-state index is 0.123. The lowest BCUT2D eigenvalue weighted by atomic mass is 10.0. The Labute approximate surface area is 162 Å². The highest BCUT2D eigenvalue weighted by Crippen LogP contribution is 2.23. The van der Waals surface area contributed by atoms with E-state index in [1.165, 1.54) is 24.8 Å². The van der Waals surface area contributed by atoms with Crippen LogP contribution in [-0.4, -0.2) is 46.3 Å². The lowest BCUT2D eigenvalue weighted by molar-refractivity contribution is -0.121. The fraction of sp³-hybridized carbons (Fsp3) is 0.545. The Balaban J connectivity index is 1.49. The highest BCUT2D eigenvalue weighted by molar-refractivity contribution is 5.76. The Morgan fingerprint density at radius 3 is 2.78 bits per heavy atom. The van der Waals surface area contributed by atoms with Crippen LogP contribution < -0.4 is 5.32 Å². The summed E-state index contributed by atoms with van der Waals surface area (Å²) >= 11 is 0. The van der Waals surface area contributed by atoms with Crippen molar-refractivity contribution in [2.45, 2.75) is 52.0 Å². The minimum Gasteiger partial charge on any atom is -0.355 e. The molecule has 0 saturated carbocycles. The summed E-state index contributed by atoms with van der Waals surface area (Å²) in [7, 11) is 1.93. The molecule has 1 amide bonds. The molecule has 3 rings (SSSR count). The number of nitrogens with zero attached hydrogens (tertiary/aromatic N) is 3. The summed E-state index contributed by atoms with van der Waals surface area (Å²) in [5.41, 5.74) is 4.45. The van der Waals surface area contributed by atoms with Crippen LogP contribution in [-0.2, 0) is 18.3 Å². The van der Waals surface area contributed by atoms with Gasteiger partial charge in [-0.3, -0.25) is 14.4 Å². The Bertz CT molecular complexity index is 750. The summed E-state index contributed by atoms with van der Waals surface area (Å²) < 4.78 is 1.83. The van der Waals surface area contributed by atoms with Crippen molar-refractivity contribution < 1.29 is 4.79 Å². The number of hydrogen-bond donors (Lipinski definition) is 1. The van der Waals surface area contributed by atoms with Crippen molar-refractivity contribution in [3.8, 4) is 11.3 Å². The summed E-state index contributed by atoms with van der Waals surface area (Å²) in [5.74, 6) is 0.123. The van der Waals surface area contributed by atoms with Crippen LogP contribution in [0.4, 0.5) is 0 Å². The maximum Gasteiger partial charge on any atom is 0.220 e. The fourth-order valence-corrected chi connectivity index (χ4v) is 3.84. The molecule has 2 heterocycles. The van der Waals surface area contributed by atoms with Gasteiger partial charge in [-0.1, -0.05) is 36.2 Å². The van der Waals surface area contributed by atoms with Crippen molar-refractivity contribution in [3.05, 3.63) is 41.6 Å². The van der Waals surface area contributed by atoms with E-state index < -0.39 is 0 Å². The molecule has 0 aliphatic carbocycles. The van der Waals surface area contributed by atoms with E-state index in [1.807, 2.05) is 17.9 Å². The lowest BCUT2D eigenvalue weighted by Crippen LogP contribution is -2.42. The van der Waals surface area contributed by atoms with Crippen molar-refractivity contribution in [3.63, 3.8) is 0 Å². The van der Waals surface area contributed by atoms with Crippen LogP contribution in [0, 0.1) is 6.92 Å². The smallest absolute Gasteiger partial charge is 0.220 e. The summed E-state index contributed by atoms with van der Waals surface area (Å²) in [6, 6.07) is 9.04. The van der Waals surface area contributed by atoms with Crippen LogP contribution in [0.1, 0.15) is 43.7 Å². The maximum absolute atomic E-state index is 12.3. The first-order valence-corrected chi connectivity index (χ1v) is 10.1. The summed E-state index contributed by atoms with van der Waals surface area (Å²) in [4.78, 5) is 14.8. The summed E-state index contributed by atoms with van der Waals surface area (Å²) in [5, 5.41) is 7.68. The predicted octanol–water partition coefficient (Wildman–Crippen LogP) is 3.32. The van der Waals surface area contributed by atoms with Crippen molar-refractivity contribution in [2.75, 3.05) is 19.6 Å². The van der Waals surface area contributed by atoms with Crippen LogP contribution >= 0.6 is 0 Å². The molecule has 1 aliphatic heterocycles. The van der Waals surface area contributed by atoms with Crippen LogP contribution in [0.5, 0.6) is 0 Å². The van der Waals surface area contributed by atoms with Gasteiger partial charge in [-0.25, -0.2) is 0 Å². The van der Waals surface area contributed by atoms with E-state index in [1.54, 1.807) is 0 Å². The first-order chi connectivity index (χ1) is 13.0. The summed E-state index contributed by atoms with van der Waals surface area (Å²) in [6.07, 6.45) is 7.12. The number of piperidine rings is 1. The SMILES string of the molecule is Cc1ccc(-c2nn(C)cc2CCC(=O)NCCN2CCCC[C@H]2C)cc1. The molecule has 1 atom stereocenters. The Kier molecular flexibility index (Phi) is 6.67.